The fourth-order valence-electron chi connectivity index (χ4n) is 2.67. The van der Waals surface area contributed by atoms with Gasteiger partial charge in [0.15, 0.2) is 11.5 Å². The first-order chi connectivity index (χ1) is 10.2. The summed E-state index contributed by atoms with van der Waals surface area (Å²) in [4.78, 5) is 0. The molecule has 21 heavy (non-hydrogen) atoms. The largest absolute Gasteiger partial charge is 0.490 e. The summed E-state index contributed by atoms with van der Waals surface area (Å²) in [6.07, 6.45) is 2.49. The van der Waals surface area contributed by atoms with Gasteiger partial charge in [-0.1, -0.05) is 6.07 Å². The number of hydrogen-bond donors (Lipinski definition) is 2. The van der Waals surface area contributed by atoms with Crippen LogP contribution in [0.2, 0.25) is 0 Å². The standard InChI is InChI=1S/C16H26N2O3/c1-4-20-13-9-8-12(10-14(13)21-5-2)15(18-17)16(19-3)11-6-7-11/h8-11,15-16,18H,4-7,17H2,1-3H3. The first-order valence-corrected chi connectivity index (χ1v) is 7.63. The first kappa shape index (κ1) is 16.1. The van der Waals surface area contributed by atoms with Crippen LogP contribution < -0.4 is 20.7 Å². The number of nitrogens with one attached hydrogen (secondary N) is 1. The van der Waals surface area contributed by atoms with Crippen molar-refractivity contribution in [2.75, 3.05) is 20.3 Å². The molecule has 0 heterocycles. The highest BCUT2D eigenvalue weighted by Gasteiger charge is 2.37. The zero-order valence-corrected chi connectivity index (χ0v) is 13.1. The average molecular weight is 294 g/mol. The molecule has 0 aliphatic heterocycles. The molecule has 0 amide bonds. The quantitative estimate of drug-likeness (QED) is 0.541. The Hall–Kier alpha value is -1.30. The third-order valence-corrected chi connectivity index (χ3v) is 3.79. The Morgan fingerprint density at radius 3 is 2.38 bits per heavy atom. The lowest BCUT2D eigenvalue weighted by Crippen LogP contribution is -2.38. The van der Waals surface area contributed by atoms with E-state index in [0.717, 1.165) is 17.1 Å². The van der Waals surface area contributed by atoms with Crippen molar-refractivity contribution in [1.82, 2.24) is 5.43 Å². The summed E-state index contributed by atoms with van der Waals surface area (Å²) >= 11 is 0. The third-order valence-electron chi connectivity index (χ3n) is 3.79. The molecule has 1 aromatic rings. The van der Waals surface area contributed by atoms with Gasteiger partial charge < -0.3 is 14.2 Å². The second kappa shape index (κ2) is 7.64. The van der Waals surface area contributed by atoms with Crippen LogP contribution in [-0.4, -0.2) is 26.4 Å². The molecule has 3 N–H and O–H groups in total. The van der Waals surface area contributed by atoms with Gasteiger partial charge in [-0.15, -0.1) is 0 Å². The molecule has 0 saturated heterocycles. The Labute approximate surface area is 126 Å². The van der Waals surface area contributed by atoms with Crippen LogP contribution in [0.1, 0.15) is 38.3 Å². The minimum atomic E-state index is -0.0441. The van der Waals surface area contributed by atoms with E-state index >= 15 is 0 Å². The fraction of sp³-hybridized carbons (Fsp3) is 0.625. The molecule has 1 saturated carbocycles. The molecule has 0 bridgehead atoms. The van der Waals surface area contributed by atoms with Crippen molar-refractivity contribution in [2.24, 2.45) is 11.8 Å². The van der Waals surface area contributed by atoms with Crippen LogP contribution >= 0.6 is 0 Å². The maximum absolute atomic E-state index is 5.77. The Balaban J connectivity index is 2.25. The minimum Gasteiger partial charge on any atom is -0.490 e. The van der Waals surface area contributed by atoms with Gasteiger partial charge in [0, 0.05) is 7.11 Å². The maximum atomic E-state index is 5.77. The van der Waals surface area contributed by atoms with E-state index in [0.29, 0.717) is 19.1 Å². The van der Waals surface area contributed by atoms with E-state index in [4.69, 9.17) is 20.1 Å². The van der Waals surface area contributed by atoms with Crippen LogP contribution in [0.3, 0.4) is 0 Å². The zero-order chi connectivity index (χ0) is 15.2. The summed E-state index contributed by atoms with van der Waals surface area (Å²) in [6.45, 7) is 5.13. The molecule has 0 radical (unpaired) electrons. The number of hydrogen-bond acceptors (Lipinski definition) is 5. The third kappa shape index (κ3) is 3.87. The molecule has 5 heteroatoms. The minimum absolute atomic E-state index is 0.0441. The van der Waals surface area contributed by atoms with Gasteiger partial charge in [0.25, 0.3) is 0 Å². The Bertz CT molecular complexity index is 449. The summed E-state index contributed by atoms with van der Waals surface area (Å²) in [7, 11) is 1.74. The average Bonchev–Trinajstić information content (AvgIpc) is 3.31. The van der Waals surface area contributed by atoms with Crippen molar-refractivity contribution in [3.63, 3.8) is 0 Å². The van der Waals surface area contributed by atoms with E-state index in [-0.39, 0.29) is 12.1 Å². The first-order valence-electron chi connectivity index (χ1n) is 7.63. The number of nitrogens with two attached hydrogens (primary N) is 1. The van der Waals surface area contributed by atoms with Crippen molar-refractivity contribution in [2.45, 2.75) is 38.8 Å². The van der Waals surface area contributed by atoms with Gasteiger partial charge >= 0.3 is 0 Å². The number of rotatable bonds is 9. The van der Waals surface area contributed by atoms with Crippen LogP contribution in [-0.2, 0) is 4.74 Å². The topological polar surface area (TPSA) is 65.7 Å². The van der Waals surface area contributed by atoms with Crippen molar-refractivity contribution in [3.05, 3.63) is 23.8 Å². The summed E-state index contributed by atoms with van der Waals surface area (Å²) in [5, 5.41) is 0. The van der Waals surface area contributed by atoms with E-state index in [1.807, 2.05) is 32.0 Å². The summed E-state index contributed by atoms with van der Waals surface area (Å²) in [5.74, 6) is 7.86. The Morgan fingerprint density at radius 2 is 1.86 bits per heavy atom. The van der Waals surface area contributed by atoms with Crippen molar-refractivity contribution >= 4 is 0 Å². The van der Waals surface area contributed by atoms with E-state index in [1.165, 1.54) is 12.8 Å². The zero-order valence-electron chi connectivity index (χ0n) is 13.1. The molecule has 1 aromatic carbocycles. The van der Waals surface area contributed by atoms with Gasteiger partial charge in [-0.2, -0.15) is 0 Å². The molecule has 0 spiro atoms. The lowest BCUT2D eigenvalue weighted by molar-refractivity contribution is 0.0506. The summed E-state index contributed by atoms with van der Waals surface area (Å²) < 4.78 is 16.9. The van der Waals surface area contributed by atoms with Gasteiger partial charge in [0.05, 0.1) is 25.4 Å². The van der Waals surface area contributed by atoms with Crippen LogP contribution in [0.25, 0.3) is 0 Å². The molecule has 1 fully saturated rings. The smallest absolute Gasteiger partial charge is 0.161 e. The molecule has 1 aliphatic carbocycles. The highest BCUT2D eigenvalue weighted by Crippen LogP contribution is 2.41. The van der Waals surface area contributed by atoms with Gasteiger partial charge in [0.1, 0.15) is 0 Å². The Kier molecular flexibility index (Phi) is 5.85. The number of methoxy groups -OCH3 is 1. The number of benzene rings is 1. The lowest BCUT2D eigenvalue weighted by atomic mass is 9.98. The van der Waals surface area contributed by atoms with Crippen LogP contribution in [0.15, 0.2) is 18.2 Å². The summed E-state index contributed by atoms with van der Waals surface area (Å²) in [5.41, 5.74) is 3.95. The molecule has 2 atom stereocenters. The van der Waals surface area contributed by atoms with E-state index in [9.17, 15) is 0 Å². The SMILES string of the molecule is CCOc1ccc(C(NN)C(OC)C2CC2)cc1OCC. The second-order valence-electron chi connectivity index (χ2n) is 5.25. The molecular weight excluding hydrogens is 268 g/mol. The lowest BCUT2D eigenvalue weighted by Gasteiger charge is -2.26. The number of hydrazine groups is 1. The van der Waals surface area contributed by atoms with Gasteiger partial charge in [-0.25, -0.2) is 0 Å². The molecule has 2 rings (SSSR count). The predicted octanol–water partition coefficient (Wildman–Crippen LogP) is 2.41. The van der Waals surface area contributed by atoms with Crippen LogP contribution in [0.5, 0.6) is 11.5 Å². The maximum Gasteiger partial charge on any atom is 0.161 e. The summed E-state index contributed by atoms with van der Waals surface area (Å²) in [6, 6.07) is 5.91. The fourth-order valence-corrected chi connectivity index (χ4v) is 2.67. The Morgan fingerprint density at radius 1 is 1.19 bits per heavy atom. The van der Waals surface area contributed by atoms with Gasteiger partial charge in [-0.05, 0) is 50.3 Å². The number of ether oxygens (including phenoxy) is 3. The molecule has 118 valence electrons. The van der Waals surface area contributed by atoms with E-state index < -0.39 is 0 Å². The molecule has 0 aromatic heterocycles. The van der Waals surface area contributed by atoms with Gasteiger partial charge in [-0.3, -0.25) is 11.3 Å². The molecular formula is C16H26N2O3. The highest BCUT2D eigenvalue weighted by atomic mass is 16.5. The predicted molar refractivity (Wildman–Crippen MR) is 82.4 cm³/mol. The van der Waals surface area contributed by atoms with Crippen molar-refractivity contribution in [1.29, 1.82) is 0 Å². The van der Waals surface area contributed by atoms with Crippen molar-refractivity contribution < 1.29 is 14.2 Å². The van der Waals surface area contributed by atoms with Crippen LogP contribution in [0.4, 0.5) is 0 Å². The monoisotopic (exact) mass is 294 g/mol. The van der Waals surface area contributed by atoms with E-state index in [1.54, 1.807) is 7.11 Å². The molecule has 2 unspecified atom stereocenters. The van der Waals surface area contributed by atoms with Gasteiger partial charge in [0.2, 0.25) is 0 Å². The van der Waals surface area contributed by atoms with Crippen molar-refractivity contribution in [3.8, 4) is 11.5 Å². The normalized spacial score (nSPS) is 17.3. The molecule has 1 aliphatic rings. The molecule has 5 nitrogen and oxygen atoms in total. The highest BCUT2D eigenvalue weighted by molar-refractivity contribution is 5.44. The van der Waals surface area contributed by atoms with E-state index in [2.05, 4.69) is 5.43 Å². The second-order valence-corrected chi connectivity index (χ2v) is 5.25. The van der Waals surface area contributed by atoms with Crippen LogP contribution in [0, 0.1) is 5.92 Å².